The minimum absolute atomic E-state index is 0.0735. The van der Waals surface area contributed by atoms with E-state index in [1.165, 1.54) is 12.1 Å². The van der Waals surface area contributed by atoms with E-state index in [2.05, 4.69) is 16.4 Å². The van der Waals surface area contributed by atoms with Crippen molar-refractivity contribution in [3.05, 3.63) is 89.0 Å². The number of nitriles is 1. The Morgan fingerprint density at radius 2 is 1.89 bits per heavy atom. The molecule has 3 aromatic rings. The minimum Gasteiger partial charge on any atom is -0.362 e. The summed E-state index contributed by atoms with van der Waals surface area (Å²) in [5, 5.41) is 12.6. The third-order valence-corrected chi connectivity index (χ3v) is 6.13. The molecule has 9 heteroatoms. The Kier molecular flexibility index (Phi) is 9.48. The second-order valence-electron chi connectivity index (χ2n) is 9.08. The molecule has 5 nitrogen and oxygen atoms in total. The van der Waals surface area contributed by atoms with Crippen LogP contribution in [0.1, 0.15) is 48.2 Å². The van der Waals surface area contributed by atoms with E-state index in [1.807, 2.05) is 41.6 Å². The molecular weight excluding hydrogens is 483 g/mol. The van der Waals surface area contributed by atoms with Crippen LogP contribution in [0, 0.1) is 17.2 Å². The van der Waals surface area contributed by atoms with Crippen molar-refractivity contribution in [1.29, 1.82) is 5.26 Å². The molecule has 0 atom stereocenters. The molecule has 0 radical (unpaired) electrons. The van der Waals surface area contributed by atoms with Gasteiger partial charge < -0.3 is 14.8 Å². The summed E-state index contributed by atoms with van der Waals surface area (Å²) in [5.41, 5.74) is 2.25. The number of halogens is 3. The Balaban J connectivity index is 1.69. The Morgan fingerprint density at radius 1 is 1.17 bits per heavy atom. The molecule has 0 saturated carbocycles. The smallest absolute Gasteiger partial charge is 0.362 e. The van der Waals surface area contributed by atoms with Crippen LogP contribution in [0.15, 0.2) is 61.1 Å². The zero-order valence-corrected chi connectivity index (χ0v) is 21.2. The third-order valence-electron chi connectivity index (χ3n) is 5.73. The molecule has 0 aliphatic heterocycles. The van der Waals surface area contributed by atoms with Gasteiger partial charge in [0.1, 0.15) is 0 Å². The SMILES string of the molecule is CC(C)CNC(=S)N(CCCc1cncn1Cc1ccc(C#N)cc1)Cc1ccccc1C(F)(F)F. The van der Waals surface area contributed by atoms with Crippen molar-refractivity contribution in [3.63, 3.8) is 0 Å². The van der Waals surface area contributed by atoms with E-state index in [1.54, 1.807) is 24.5 Å². The highest BCUT2D eigenvalue weighted by Crippen LogP contribution is 2.32. The molecule has 0 spiro atoms. The average molecular weight is 514 g/mol. The Labute approximate surface area is 215 Å². The molecule has 190 valence electrons. The van der Waals surface area contributed by atoms with Gasteiger partial charge in [-0.15, -0.1) is 0 Å². The van der Waals surface area contributed by atoms with Crippen LogP contribution >= 0.6 is 12.2 Å². The van der Waals surface area contributed by atoms with Gasteiger partial charge in [0, 0.05) is 38.1 Å². The molecule has 0 bridgehead atoms. The molecule has 2 aromatic carbocycles. The van der Waals surface area contributed by atoms with Crippen molar-refractivity contribution in [2.45, 2.75) is 46.0 Å². The first kappa shape index (κ1) is 27.2. The summed E-state index contributed by atoms with van der Waals surface area (Å²) >= 11 is 5.57. The number of aromatic nitrogens is 2. The normalized spacial score (nSPS) is 11.4. The van der Waals surface area contributed by atoms with Gasteiger partial charge in [0.2, 0.25) is 0 Å². The van der Waals surface area contributed by atoms with E-state index in [0.29, 0.717) is 49.1 Å². The lowest BCUT2D eigenvalue weighted by Crippen LogP contribution is -2.41. The maximum atomic E-state index is 13.6. The lowest BCUT2D eigenvalue weighted by molar-refractivity contribution is -0.138. The lowest BCUT2D eigenvalue weighted by Gasteiger charge is -2.28. The maximum Gasteiger partial charge on any atom is 0.416 e. The van der Waals surface area contributed by atoms with Crippen molar-refractivity contribution in [2.75, 3.05) is 13.1 Å². The Hall–Kier alpha value is -3.38. The summed E-state index contributed by atoms with van der Waals surface area (Å²) in [4.78, 5) is 6.08. The second kappa shape index (κ2) is 12.5. The van der Waals surface area contributed by atoms with E-state index in [4.69, 9.17) is 17.5 Å². The first-order valence-corrected chi connectivity index (χ1v) is 12.2. The number of aryl methyl sites for hydroxylation is 1. The van der Waals surface area contributed by atoms with E-state index in [0.717, 1.165) is 17.3 Å². The van der Waals surface area contributed by atoms with Gasteiger partial charge in [-0.25, -0.2) is 4.98 Å². The number of hydrogen-bond acceptors (Lipinski definition) is 3. The number of rotatable bonds is 10. The van der Waals surface area contributed by atoms with Crippen LogP contribution in [0.2, 0.25) is 0 Å². The van der Waals surface area contributed by atoms with Crippen LogP contribution in [0.25, 0.3) is 0 Å². The Morgan fingerprint density at radius 3 is 2.56 bits per heavy atom. The monoisotopic (exact) mass is 513 g/mol. The van der Waals surface area contributed by atoms with Crippen molar-refractivity contribution >= 4 is 17.3 Å². The van der Waals surface area contributed by atoms with Gasteiger partial charge in [-0.2, -0.15) is 18.4 Å². The van der Waals surface area contributed by atoms with Gasteiger partial charge in [0.15, 0.2) is 5.11 Å². The molecule has 0 unspecified atom stereocenters. The highest BCUT2D eigenvalue weighted by molar-refractivity contribution is 7.80. The zero-order chi connectivity index (χ0) is 26.1. The highest BCUT2D eigenvalue weighted by Gasteiger charge is 2.33. The van der Waals surface area contributed by atoms with Crippen molar-refractivity contribution < 1.29 is 13.2 Å². The van der Waals surface area contributed by atoms with Gasteiger partial charge in [0.25, 0.3) is 0 Å². The van der Waals surface area contributed by atoms with Crippen LogP contribution in [0.4, 0.5) is 13.2 Å². The maximum absolute atomic E-state index is 13.6. The van der Waals surface area contributed by atoms with Gasteiger partial charge in [0.05, 0.1) is 23.5 Å². The van der Waals surface area contributed by atoms with Gasteiger partial charge in [-0.3, -0.25) is 0 Å². The molecule has 0 aliphatic carbocycles. The van der Waals surface area contributed by atoms with Crippen molar-refractivity contribution in [1.82, 2.24) is 19.8 Å². The van der Waals surface area contributed by atoms with Crippen molar-refractivity contribution in [2.24, 2.45) is 5.92 Å². The fourth-order valence-corrected chi connectivity index (χ4v) is 4.07. The molecule has 0 aliphatic rings. The number of imidazole rings is 1. The lowest BCUT2D eigenvalue weighted by atomic mass is 10.1. The minimum atomic E-state index is -4.42. The topological polar surface area (TPSA) is 56.9 Å². The predicted molar refractivity (Wildman–Crippen MR) is 138 cm³/mol. The standard InChI is InChI=1S/C27H30F3N5S/c1-20(2)15-33-26(36)34(18-23-6-3-4-8-25(23)27(28,29)30)13-5-7-24-16-32-19-35(24)17-22-11-9-21(14-31)10-12-22/h3-4,6,8-12,16,19-20H,5,7,13,15,17-18H2,1-2H3,(H,33,36). The summed E-state index contributed by atoms with van der Waals surface area (Å²) in [5.74, 6) is 0.351. The fourth-order valence-electron chi connectivity index (χ4n) is 3.83. The van der Waals surface area contributed by atoms with E-state index >= 15 is 0 Å². The van der Waals surface area contributed by atoms with Crippen LogP contribution in [-0.2, 0) is 25.7 Å². The van der Waals surface area contributed by atoms with Crippen LogP contribution in [-0.4, -0.2) is 32.7 Å². The quantitative estimate of drug-likeness (QED) is 0.348. The van der Waals surface area contributed by atoms with E-state index in [9.17, 15) is 13.2 Å². The predicted octanol–water partition coefficient (Wildman–Crippen LogP) is 5.79. The zero-order valence-electron chi connectivity index (χ0n) is 20.4. The van der Waals surface area contributed by atoms with Gasteiger partial charge in [-0.1, -0.05) is 44.2 Å². The molecular formula is C27H30F3N5S. The first-order valence-electron chi connectivity index (χ1n) is 11.8. The molecule has 0 fully saturated rings. The second-order valence-corrected chi connectivity index (χ2v) is 9.47. The number of nitrogens with one attached hydrogen (secondary N) is 1. The molecule has 36 heavy (non-hydrogen) atoms. The fraction of sp³-hybridized carbons (Fsp3) is 0.370. The number of hydrogen-bond donors (Lipinski definition) is 1. The highest BCUT2D eigenvalue weighted by atomic mass is 32.1. The molecule has 0 amide bonds. The first-order chi connectivity index (χ1) is 17.2. The van der Waals surface area contributed by atoms with Crippen molar-refractivity contribution in [3.8, 4) is 6.07 Å². The molecule has 1 heterocycles. The molecule has 3 rings (SSSR count). The number of thiocarbonyl (C=S) groups is 1. The van der Waals surface area contributed by atoms with Crippen LogP contribution in [0.3, 0.4) is 0 Å². The average Bonchev–Trinajstić information content (AvgIpc) is 3.28. The summed E-state index contributed by atoms with van der Waals surface area (Å²) in [6.07, 6.45) is 0.534. The van der Waals surface area contributed by atoms with Gasteiger partial charge in [-0.05, 0) is 60.3 Å². The van der Waals surface area contributed by atoms with E-state index in [-0.39, 0.29) is 12.1 Å². The number of nitrogens with zero attached hydrogens (tertiary/aromatic N) is 4. The summed E-state index contributed by atoms with van der Waals surface area (Å²) < 4.78 is 42.7. The number of alkyl halides is 3. The molecule has 1 aromatic heterocycles. The number of benzene rings is 2. The molecule has 1 N–H and O–H groups in total. The van der Waals surface area contributed by atoms with Crippen LogP contribution < -0.4 is 5.32 Å². The summed E-state index contributed by atoms with van der Waals surface area (Å²) in [6, 6.07) is 15.2. The molecule has 0 saturated heterocycles. The Bertz CT molecular complexity index is 1180. The van der Waals surface area contributed by atoms with Gasteiger partial charge >= 0.3 is 6.18 Å². The largest absolute Gasteiger partial charge is 0.416 e. The third kappa shape index (κ3) is 7.82. The summed E-state index contributed by atoms with van der Waals surface area (Å²) in [7, 11) is 0. The van der Waals surface area contributed by atoms with E-state index < -0.39 is 11.7 Å². The van der Waals surface area contributed by atoms with Crippen LogP contribution in [0.5, 0.6) is 0 Å². The summed E-state index contributed by atoms with van der Waals surface area (Å²) in [6.45, 7) is 5.94.